The fourth-order valence-corrected chi connectivity index (χ4v) is 0. The molecular formula is BrCa2O4S+. The molecule has 0 heterocycles. The van der Waals surface area contributed by atoms with Crippen molar-refractivity contribution in [2.24, 2.45) is 0 Å². The van der Waals surface area contributed by atoms with E-state index < -0.39 is 10.4 Å². The molecule has 0 aromatic carbocycles. The topological polar surface area (TPSA) is 80.3 Å². The van der Waals surface area contributed by atoms with Crippen molar-refractivity contribution < 1.29 is 34.5 Å². The molecule has 0 fully saturated rings. The average Bonchev–Trinajstić information content (AvgIpc) is 0.722. The second kappa shape index (κ2) is 9.87. The average molecular weight is 256 g/mol. The Labute approximate surface area is 118 Å². The summed E-state index contributed by atoms with van der Waals surface area (Å²) in [5, 5.41) is 0. The molecule has 40 valence electrons. The maximum absolute atomic E-state index is 8.52. The van der Waals surface area contributed by atoms with E-state index in [4.69, 9.17) is 17.5 Å². The van der Waals surface area contributed by atoms with Gasteiger partial charge < -0.3 is 26.1 Å². The minimum atomic E-state index is -5.17. The molecular weight excluding hydrogens is 256 g/mol. The predicted octanol–water partition coefficient (Wildman–Crippen LogP) is -5.10. The van der Waals surface area contributed by atoms with Crippen molar-refractivity contribution in [2.45, 2.75) is 0 Å². The third kappa shape index (κ3) is 66.7. The molecule has 4 nitrogen and oxygen atoms in total. The molecule has 0 aliphatic carbocycles. The Bertz CT molecular complexity index is 97.2. The molecule has 0 N–H and O–H groups in total. The van der Waals surface area contributed by atoms with Crippen molar-refractivity contribution >= 4 is 85.9 Å². The standard InChI is InChI=1S/BrH.2Ca.H2O4S/c;;;1-5(2,3)4/h1H;;;(H2,1,2,3,4)/q;2*+2;/p-3. The molecule has 8 heteroatoms. The molecule has 0 spiro atoms. The van der Waals surface area contributed by atoms with Crippen LogP contribution in [0.25, 0.3) is 0 Å². The Morgan fingerprint density at radius 3 is 1.00 bits per heavy atom. The molecule has 0 rings (SSSR count). The van der Waals surface area contributed by atoms with Gasteiger partial charge in [0, 0.05) is 10.4 Å². The quantitative estimate of drug-likeness (QED) is 0.247. The van der Waals surface area contributed by atoms with Crippen LogP contribution in [-0.2, 0) is 10.4 Å². The number of halogens is 1. The van der Waals surface area contributed by atoms with Gasteiger partial charge in [0.05, 0.1) is 0 Å². The van der Waals surface area contributed by atoms with E-state index in [1.54, 1.807) is 0 Å². The van der Waals surface area contributed by atoms with E-state index in [9.17, 15) is 0 Å². The SMILES string of the molecule is O=S(=O)([O-])[O-].[Br-].[Ca+2].[Ca+2]. The summed E-state index contributed by atoms with van der Waals surface area (Å²) < 4.78 is 34.1. The van der Waals surface area contributed by atoms with Gasteiger partial charge in [-0.1, -0.05) is 0 Å². The predicted molar refractivity (Wildman–Crippen MR) is 22.0 cm³/mol. The smallest absolute Gasteiger partial charge is 1.00 e. The fourth-order valence-electron chi connectivity index (χ4n) is 0. The van der Waals surface area contributed by atoms with Gasteiger partial charge in [-0.2, -0.15) is 0 Å². The molecule has 0 aromatic rings. The van der Waals surface area contributed by atoms with Crippen LogP contribution in [0.2, 0.25) is 0 Å². The Morgan fingerprint density at radius 2 is 1.00 bits per heavy atom. The molecule has 0 aliphatic rings. The first-order valence-corrected chi connectivity index (χ1v) is 2.00. The molecule has 0 atom stereocenters. The van der Waals surface area contributed by atoms with Crippen LogP contribution in [0.3, 0.4) is 0 Å². The minimum Gasteiger partial charge on any atom is -1.00 e. The zero-order valence-electron chi connectivity index (χ0n) is 3.83. The van der Waals surface area contributed by atoms with E-state index in [2.05, 4.69) is 0 Å². The van der Waals surface area contributed by atoms with Gasteiger partial charge in [0.25, 0.3) is 0 Å². The summed E-state index contributed by atoms with van der Waals surface area (Å²) in [5.41, 5.74) is 0. The van der Waals surface area contributed by atoms with Crippen molar-refractivity contribution in [1.82, 2.24) is 0 Å². The Morgan fingerprint density at radius 1 is 1.00 bits per heavy atom. The maximum atomic E-state index is 8.52. The van der Waals surface area contributed by atoms with Crippen LogP contribution >= 0.6 is 0 Å². The molecule has 0 aromatic heterocycles. The third-order valence-electron chi connectivity index (χ3n) is 0. The normalized spacial score (nSPS) is 7.25. The Kier molecular flexibility index (Phi) is 27.7. The first-order chi connectivity index (χ1) is 2.00. The first-order valence-electron chi connectivity index (χ1n) is 0.667. The zero-order chi connectivity index (χ0) is 4.50. The van der Waals surface area contributed by atoms with Crippen LogP contribution in [0.15, 0.2) is 0 Å². The van der Waals surface area contributed by atoms with Crippen molar-refractivity contribution in [2.75, 3.05) is 0 Å². The Hall–Kier alpha value is 2.87. The Balaban J connectivity index is -0.0000000267. The van der Waals surface area contributed by atoms with Crippen LogP contribution < -0.4 is 17.0 Å². The molecule has 0 saturated heterocycles. The minimum absolute atomic E-state index is 0. The van der Waals surface area contributed by atoms with Gasteiger partial charge in [-0.3, -0.25) is 8.42 Å². The van der Waals surface area contributed by atoms with Crippen molar-refractivity contribution in [1.29, 1.82) is 0 Å². The summed E-state index contributed by atoms with van der Waals surface area (Å²) in [6.07, 6.45) is 0. The molecule has 8 heavy (non-hydrogen) atoms. The summed E-state index contributed by atoms with van der Waals surface area (Å²) in [5.74, 6) is 0. The van der Waals surface area contributed by atoms with E-state index in [1.807, 2.05) is 0 Å². The molecule has 0 bridgehead atoms. The molecule has 0 aliphatic heterocycles. The van der Waals surface area contributed by atoms with Gasteiger partial charge >= 0.3 is 75.5 Å². The van der Waals surface area contributed by atoms with Crippen LogP contribution in [0.1, 0.15) is 0 Å². The molecule has 0 unspecified atom stereocenters. The largest absolute Gasteiger partial charge is 2.00 e. The van der Waals surface area contributed by atoms with Crippen molar-refractivity contribution in [3.05, 3.63) is 0 Å². The number of hydrogen-bond donors (Lipinski definition) is 0. The van der Waals surface area contributed by atoms with Gasteiger partial charge in [0.15, 0.2) is 0 Å². The van der Waals surface area contributed by atoms with Gasteiger partial charge in [-0.15, -0.1) is 0 Å². The van der Waals surface area contributed by atoms with E-state index in [0.717, 1.165) is 0 Å². The number of hydrogen-bond acceptors (Lipinski definition) is 4. The van der Waals surface area contributed by atoms with Crippen LogP contribution in [0, 0.1) is 0 Å². The molecule has 0 radical (unpaired) electrons. The number of rotatable bonds is 0. The first kappa shape index (κ1) is 22.4. The second-order valence-corrected chi connectivity index (χ2v) is 1.22. The summed E-state index contributed by atoms with van der Waals surface area (Å²) in [6.45, 7) is 0. The maximum Gasteiger partial charge on any atom is 2.00 e. The summed E-state index contributed by atoms with van der Waals surface area (Å²) in [7, 11) is -5.17. The fraction of sp³-hybridized carbons (Fsp3) is 0. The van der Waals surface area contributed by atoms with Crippen LogP contribution in [0.4, 0.5) is 0 Å². The van der Waals surface area contributed by atoms with Gasteiger partial charge in [0.1, 0.15) is 0 Å². The monoisotopic (exact) mass is 255 g/mol. The van der Waals surface area contributed by atoms with Gasteiger partial charge in [-0.25, -0.2) is 0 Å². The second-order valence-electron chi connectivity index (χ2n) is 0.408. The molecule has 0 saturated carbocycles. The summed E-state index contributed by atoms with van der Waals surface area (Å²) in [4.78, 5) is 0. The van der Waals surface area contributed by atoms with E-state index in [-0.39, 0.29) is 92.5 Å². The van der Waals surface area contributed by atoms with E-state index in [0.29, 0.717) is 0 Å². The summed E-state index contributed by atoms with van der Waals surface area (Å²) >= 11 is 0. The van der Waals surface area contributed by atoms with Crippen molar-refractivity contribution in [3.63, 3.8) is 0 Å². The molecule has 0 amide bonds. The van der Waals surface area contributed by atoms with Crippen molar-refractivity contribution in [3.8, 4) is 0 Å². The van der Waals surface area contributed by atoms with E-state index in [1.165, 1.54) is 0 Å². The summed E-state index contributed by atoms with van der Waals surface area (Å²) in [6, 6.07) is 0. The van der Waals surface area contributed by atoms with Crippen LogP contribution in [0.5, 0.6) is 0 Å². The third-order valence-corrected chi connectivity index (χ3v) is 0. The van der Waals surface area contributed by atoms with Gasteiger partial charge in [-0.05, 0) is 0 Å². The zero-order valence-corrected chi connectivity index (χ0v) is 10.7. The van der Waals surface area contributed by atoms with Gasteiger partial charge in [0.2, 0.25) is 0 Å². The van der Waals surface area contributed by atoms with E-state index >= 15 is 0 Å². The van der Waals surface area contributed by atoms with Crippen LogP contribution in [-0.4, -0.2) is 93.0 Å².